The topological polar surface area (TPSA) is 20.3 Å². The fourth-order valence-corrected chi connectivity index (χ4v) is 3.55. The Bertz CT molecular complexity index is 718. The molecular weight excluding hydrogens is 330 g/mol. The Morgan fingerprint density at radius 3 is 2.28 bits per heavy atom. The van der Waals surface area contributed by atoms with E-state index in [4.69, 9.17) is 11.6 Å². The molecule has 0 aliphatic carbocycles. The third kappa shape index (κ3) is 4.43. The highest BCUT2D eigenvalue weighted by molar-refractivity contribution is 6.30. The van der Waals surface area contributed by atoms with Crippen LogP contribution in [-0.4, -0.2) is 23.9 Å². The van der Waals surface area contributed by atoms with Crippen molar-refractivity contribution in [1.82, 2.24) is 4.90 Å². The normalized spacial score (nSPS) is 11.0. The summed E-state index contributed by atoms with van der Waals surface area (Å²) in [5, 5.41) is 0.727. The molecule has 0 saturated heterocycles. The number of hydrogen-bond acceptors (Lipinski definition) is 1. The fourth-order valence-electron chi connectivity index (χ4n) is 3.38. The average Bonchev–Trinajstić information content (AvgIpc) is 2.64. The van der Waals surface area contributed by atoms with Gasteiger partial charge in [-0.25, -0.2) is 0 Å². The van der Waals surface area contributed by atoms with E-state index in [1.807, 2.05) is 49.1 Å². The Morgan fingerprint density at radius 1 is 1.00 bits per heavy atom. The van der Waals surface area contributed by atoms with Crippen LogP contribution in [0.1, 0.15) is 62.4 Å². The van der Waals surface area contributed by atoms with Crippen molar-refractivity contribution in [1.29, 1.82) is 0 Å². The molecule has 2 aromatic rings. The summed E-state index contributed by atoms with van der Waals surface area (Å²) >= 11 is 6.28. The maximum Gasteiger partial charge on any atom is 0.253 e. The van der Waals surface area contributed by atoms with Gasteiger partial charge in [-0.15, -0.1) is 0 Å². The van der Waals surface area contributed by atoms with Gasteiger partial charge in [0.1, 0.15) is 0 Å². The summed E-state index contributed by atoms with van der Waals surface area (Å²) in [6, 6.07) is 14.0. The monoisotopic (exact) mass is 357 g/mol. The minimum atomic E-state index is 0.0814. The van der Waals surface area contributed by atoms with Crippen molar-refractivity contribution in [3.05, 3.63) is 58.6 Å². The number of nitrogens with zero attached hydrogens (tertiary/aromatic N) is 1. The lowest BCUT2D eigenvalue weighted by Gasteiger charge is -2.20. The molecule has 134 valence electrons. The van der Waals surface area contributed by atoms with Crippen LogP contribution >= 0.6 is 11.6 Å². The molecule has 1 amide bonds. The maximum absolute atomic E-state index is 12.7. The number of rotatable bonds is 7. The molecule has 0 heterocycles. The lowest BCUT2D eigenvalue weighted by atomic mass is 9.87. The first-order valence-electron chi connectivity index (χ1n) is 9.24. The Labute approximate surface area is 156 Å². The minimum Gasteiger partial charge on any atom is -0.339 e. The first-order valence-corrected chi connectivity index (χ1v) is 9.62. The Balaban J connectivity index is 2.51. The van der Waals surface area contributed by atoms with Crippen LogP contribution in [-0.2, 0) is 0 Å². The summed E-state index contributed by atoms with van der Waals surface area (Å²) in [5.74, 6) is 0.576. The highest BCUT2D eigenvalue weighted by atomic mass is 35.5. The predicted octanol–water partition coefficient (Wildman–Crippen LogP) is 6.39. The molecule has 0 radical (unpaired) electrons. The van der Waals surface area contributed by atoms with Crippen LogP contribution in [0.5, 0.6) is 0 Å². The zero-order valence-electron chi connectivity index (χ0n) is 15.7. The first kappa shape index (κ1) is 19.5. The molecular formula is C22H28ClNO. The van der Waals surface area contributed by atoms with Crippen molar-refractivity contribution < 1.29 is 4.79 Å². The van der Waals surface area contributed by atoms with Gasteiger partial charge in [0.15, 0.2) is 0 Å². The highest BCUT2D eigenvalue weighted by Crippen LogP contribution is 2.35. The molecule has 0 atom stereocenters. The highest BCUT2D eigenvalue weighted by Gasteiger charge is 2.17. The minimum absolute atomic E-state index is 0.0814. The standard InChI is InChI=1S/C22H28ClNO/c1-5-16(6-2)20-13-12-19(23)15-21(20)17-10-9-11-18(14-17)22(25)24(7-3)8-4/h9-16H,5-8H2,1-4H3. The Kier molecular flexibility index (Phi) is 7.07. The lowest BCUT2D eigenvalue weighted by molar-refractivity contribution is 0.0773. The van der Waals surface area contributed by atoms with Gasteiger partial charge in [0.2, 0.25) is 0 Å². The van der Waals surface area contributed by atoms with Crippen molar-refractivity contribution in [2.75, 3.05) is 13.1 Å². The Hall–Kier alpha value is -1.80. The molecule has 0 aromatic heterocycles. The van der Waals surface area contributed by atoms with Crippen LogP contribution in [0, 0.1) is 0 Å². The summed E-state index contributed by atoms with van der Waals surface area (Å²) in [6.07, 6.45) is 2.17. The number of benzene rings is 2. The number of carbonyl (C=O) groups is 1. The number of amides is 1. The van der Waals surface area contributed by atoms with E-state index in [0.29, 0.717) is 5.92 Å². The van der Waals surface area contributed by atoms with Crippen molar-refractivity contribution in [2.45, 2.75) is 46.5 Å². The molecule has 2 rings (SSSR count). The van der Waals surface area contributed by atoms with Gasteiger partial charge in [0, 0.05) is 23.7 Å². The van der Waals surface area contributed by atoms with E-state index in [0.717, 1.165) is 47.6 Å². The van der Waals surface area contributed by atoms with Gasteiger partial charge in [0.05, 0.1) is 0 Å². The molecule has 0 bridgehead atoms. The summed E-state index contributed by atoms with van der Waals surface area (Å²) < 4.78 is 0. The van der Waals surface area contributed by atoms with Gasteiger partial charge in [-0.1, -0.05) is 43.6 Å². The van der Waals surface area contributed by atoms with Gasteiger partial charge in [-0.05, 0) is 73.6 Å². The van der Waals surface area contributed by atoms with Crippen LogP contribution in [0.4, 0.5) is 0 Å². The lowest BCUT2D eigenvalue weighted by Crippen LogP contribution is -2.30. The van der Waals surface area contributed by atoms with Crippen LogP contribution in [0.2, 0.25) is 5.02 Å². The summed E-state index contributed by atoms with van der Waals surface area (Å²) in [4.78, 5) is 14.5. The van der Waals surface area contributed by atoms with Gasteiger partial charge >= 0.3 is 0 Å². The predicted molar refractivity (Wildman–Crippen MR) is 107 cm³/mol. The molecule has 0 fully saturated rings. The van der Waals surface area contributed by atoms with Gasteiger partial charge in [-0.3, -0.25) is 4.79 Å². The van der Waals surface area contributed by atoms with E-state index in [-0.39, 0.29) is 5.91 Å². The SMILES string of the molecule is CCC(CC)c1ccc(Cl)cc1-c1cccc(C(=O)N(CC)CC)c1. The smallest absolute Gasteiger partial charge is 0.253 e. The van der Waals surface area contributed by atoms with Crippen LogP contribution in [0.15, 0.2) is 42.5 Å². The van der Waals surface area contributed by atoms with E-state index in [2.05, 4.69) is 26.0 Å². The zero-order valence-corrected chi connectivity index (χ0v) is 16.4. The van der Waals surface area contributed by atoms with Crippen LogP contribution in [0.25, 0.3) is 11.1 Å². The summed E-state index contributed by atoms with van der Waals surface area (Å²) in [5.41, 5.74) is 4.23. The van der Waals surface area contributed by atoms with E-state index in [9.17, 15) is 4.79 Å². The van der Waals surface area contributed by atoms with Crippen LogP contribution < -0.4 is 0 Å². The molecule has 3 heteroatoms. The van der Waals surface area contributed by atoms with E-state index >= 15 is 0 Å². The summed E-state index contributed by atoms with van der Waals surface area (Å²) in [6.45, 7) is 9.88. The second kappa shape index (κ2) is 9.05. The van der Waals surface area contributed by atoms with E-state index in [1.165, 1.54) is 5.56 Å². The fraction of sp³-hybridized carbons (Fsp3) is 0.409. The van der Waals surface area contributed by atoms with Gasteiger partial charge < -0.3 is 4.90 Å². The number of halogens is 1. The number of carbonyl (C=O) groups excluding carboxylic acids is 1. The van der Waals surface area contributed by atoms with Crippen molar-refractivity contribution in [3.63, 3.8) is 0 Å². The van der Waals surface area contributed by atoms with Crippen LogP contribution in [0.3, 0.4) is 0 Å². The molecule has 0 unspecified atom stereocenters. The third-order valence-electron chi connectivity index (χ3n) is 4.91. The average molecular weight is 358 g/mol. The quantitative estimate of drug-likeness (QED) is 0.562. The molecule has 0 N–H and O–H groups in total. The second-order valence-electron chi connectivity index (χ2n) is 6.30. The molecule has 2 nitrogen and oxygen atoms in total. The molecule has 0 aliphatic rings. The van der Waals surface area contributed by atoms with Crippen molar-refractivity contribution >= 4 is 17.5 Å². The molecule has 2 aromatic carbocycles. The van der Waals surface area contributed by atoms with Gasteiger partial charge in [-0.2, -0.15) is 0 Å². The summed E-state index contributed by atoms with van der Waals surface area (Å²) in [7, 11) is 0. The Morgan fingerprint density at radius 2 is 1.68 bits per heavy atom. The molecule has 25 heavy (non-hydrogen) atoms. The largest absolute Gasteiger partial charge is 0.339 e. The van der Waals surface area contributed by atoms with Gasteiger partial charge in [0.25, 0.3) is 5.91 Å². The maximum atomic E-state index is 12.7. The van der Waals surface area contributed by atoms with E-state index < -0.39 is 0 Å². The third-order valence-corrected chi connectivity index (χ3v) is 5.15. The molecule has 0 spiro atoms. The zero-order chi connectivity index (χ0) is 18.4. The number of hydrogen-bond donors (Lipinski definition) is 0. The van der Waals surface area contributed by atoms with E-state index in [1.54, 1.807) is 0 Å². The van der Waals surface area contributed by atoms with Crippen molar-refractivity contribution in [2.24, 2.45) is 0 Å². The second-order valence-corrected chi connectivity index (χ2v) is 6.74. The molecule has 0 aliphatic heterocycles. The van der Waals surface area contributed by atoms with Crippen molar-refractivity contribution in [3.8, 4) is 11.1 Å². The molecule has 0 saturated carbocycles. The first-order chi connectivity index (χ1) is 12.0.